The molecule has 2 nitrogen and oxygen atoms in total. The van der Waals surface area contributed by atoms with E-state index < -0.39 is 0 Å². The summed E-state index contributed by atoms with van der Waals surface area (Å²) >= 11 is 0. The Morgan fingerprint density at radius 3 is 2.26 bits per heavy atom. The molecule has 1 N–H and O–H groups in total. The topological polar surface area (TPSA) is 21.9 Å². The molecule has 0 aromatic heterocycles. The van der Waals surface area contributed by atoms with Crippen LogP contribution in [0.1, 0.15) is 66.0 Å². The Labute approximate surface area is 141 Å². The standard InChI is InChI=1S/C21H31N2/c1-8-21-13-9-10-14-23(21,22-21)18-15-16(19(2,3)4)11-12-17(18)20(5,6)7/h9-15,22H,8H2,1-7H3/q+1. The van der Waals surface area contributed by atoms with E-state index in [2.05, 4.69) is 96.5 Å². The van der Waals surface area contributed by atoms with Crippen molar-refractivity contribution in [3.05, 3.63) is 53.8 Å². The van der Waals surface area contributed by atoms with Crippen molar-refractivity contribution in [1.29, 1.82) is 0 Å². The first kappa shape index (κ1) is 16.5. The number of fused-ring (bicyclic) bond motifs is 1. The summed E-state index contributed by atoms with van der Waals surface area (Å²) in [6.45, 7) is 16.1. The number of rotatable bonds is 2. The minimum absolute atomic E-state index is 0.0330. The quantitative estimate of drug-likeness (QED) is 0.581. The van der Waals surface area contributed by atoms with Crippen molar-refractivity contribution in [2.24, 2.45) is 0 Å². The summed E-state index contributed by atoms with van der Waals surface area (Å²) in [6.07, 6.45) is 10.1. The maximum atomic E-state index is 3.78. The number of hydrogen-bond donors (Lipinski definition) is 1. The van der Waals surface area contributed by atoms with Crippen LogP contribution in [0.25, 0.3) is 0 Å². The average Bonchev–Trinajstić information content (AvgIpc) is 3.16. The van der Waals surface area contributed by atoms with Crippen LogP contribution in [0.3, 0.4) is 0 Å². The number of allylic oxidation sites excluding steroid dienone is 2. The van der Waals surface area contributed by atoms with Crippen LogP contribution in [0, 0.1) is 0 Å². The van der Waals surface area contributed by atoms with Crippen LogP contribution in [0.4, 0.5) is 5.69 Å². The van der Waals surface area contributed by atoms with E-state index in [1.54, 1.807) is 0 Å². The minimum Gasteiger partial charge on any atom is -0.157 e. The first-order valence-corrected chi connectivity index (χ1v) is 8.77. The van der Waals surface area contributed by atoms with Gasteiger partial charge in [-0.2, -0.15) is 4.59 Å². The van der Waals surface area contributed by atoms with Gasteiger partial charge in [0, 0.05) is 18.1 Å². The van der Waals surface area contributed by atoms with Crippen molar-refractivity contribution in [2.45, 2.75) is 71.4 Å². The largest absolute Gasteiger partial charge is 0.241 e. The molecule has 3 rings (SSSR count). The van der Waals surface area contributed by atoms with Gasteiger partial charge in [-0.1, -0.05) is 72.1 Å². The van der Waals surface area contributed by atoms with E-state index >= 15 is 0 Å². The maximum absolute atomic E-state index is 3.78. The van der Waals surface area contributed by atoms with Gasteiger partial charge in [-0.3, -0.25) is 0 Å². The molecule has 2 atom stereocenters. The van der Waals surface area contributed by atoms with Gasteiger partial charge in [-0.25, -0.2) is 0 Å². The molecule has 0 amide bonds. The maximum Gasteiger partial charge on any atom is 0.241 e. The third kappa shape index (κ3) is 2.40. The molecule has 0 aliphatic carbocycles. The van der Waals surface area contributed by atoms with Crippen LogP contribution >= 0.6 is 0 Å². The van der Waals surface area contributed by atoms with Crippen molar-refractivity contribution < 1.29 is 0 Å². The molecule has 0 saturated carbocycles. The lowest BCUT2D eigenvalue weighted by atomic mass is 9.80. The number of nitrogens with zero attached hydrogens (tertiary/aromatic N) is 1. The summed E-state index contributed by atoms with van der Waals surface area (Å²) in [7, 11) is 0. The third-order valence-electron chi connectivity index (χ3n) is 5.33. The van der Waals surface area contributed by atoms with Gasteiger partial charge >= 0.3 is 0 Å². The molecule has 1 fully saturated rings. The Hall–Kier alpha value is -1.38. The fraction of sp³-hybridized carbons (Fsp3) is 0.524. The number of hydrogen-bond acceptors (Lipinski definition) is 1. The van der Waals surface area contributed by atoms with Gasteiger partial charge < -0.3 is 0 Å². The molecule has 0 bridgehead atoms. The highest BCUT2D eigenvalue weighted by Gasteiger charge is 2.69. The Balaban J connectivity index is 2.22. The van der Waals surface area contributed by atoms with Gasteiger partial charge in [0.1, 0.15) is 6.20 Å². The van der Waals surface area contributed by atoms with Crippen LogP contribution in [0.2, 0.25) is 0 Å². The van der Waals surface area contributed by atoms with E-state index in [9.17, 15) is 0 Å². The first-order valence-electron chi connectivity index (χ1n) is 8.77. The van der Waals surface area contributed by atoms with Crippen LogP contribution in [-0.4, -0.2) is 5.66 Å². The molecule has 0 spiro atoms. The Kier molecular flexibility index (Phi) is 3.45. The highest BCUT2D eigenvalue weighted by atomic mass is 15.9. The SMILES string of the molecule is CCC12C=CC=C[N+]1(c1cc(C(C)(C)C)ccc1C(C)(C)C)N2. The number of nitrogens with one attached hydrogen (secondary N) is 1. The lowest BCUT2D eigenvalue weighted by molar-refractivity contribution is 0.508. The summed E-state index contributed by atoms with van der Waals surface area (Å²) in [5.41, 5.74) is 8.31. The molecule has 1 aromatic rings. The Morgan fingerprint density at radius 2 is 1.70 bits per heavy atom. The molecule has 2 unspecified atom stereocenters. The lowest BCUT2D eigenvalue weighted by Crippen LogP contribution is -2.34. The summed E-state index contributed by atoms with van der Waals surface area (Å²) in [5, 5.41) is 0. The van der Waals surface area contributed by atoms with Gasteiger partial charge in [-0.15, -0.1) is 0 Å². The molecule has 23 heavy (non-hydrogen) atoms. The Morgan fingerprint density at radius 1 is 1.00 bits per heavy atom. The van der Waals surface area contributed by atoms with Gasteiger partial charge in [0.25, 0.3) is 0 Å². The first-order chi connectivity index (χ1) is 10.6. The summed E-state index contributed by atoms with van der Waals surface area (Å²) in [4.78, 5) is 0. The summed E-state index contributed by atoms with van der Waals surface area (Å²) in [6, 6.07) is 7.08. The molecule has 2 heteroatoms. The molecule has 124 valence electrons. The predicted molar refractivity (Wildman–Crippen MR) is 100 cm³/mol. The van der Waals surface area contributed by atoms with Crippen LogP contribution in [-0.2, 0) is 10.8 Å². The van der Waals surface area contributed by atoms with Gasteiger partial charge in [0.2, 0.25) is 5.66 Å². The molecule has 1 aromatic carbocycles. The Bertz CT molecular complexity index is 685. The van der Waals surface area contributed by atoms with Gasteiger partial charge in [0.15, 0.2) is 5.69 Å². The van der Waals surface area contributed by atoms with Crippen molar-refractivity contribution in [1.82, 2.24) is 10.0 Å². The molecule has 1 saturated heterocycles. The summed E-state index contributed by atoms with van der Waals surface area (Å²) < 4.78 is 0.760. The van der Waals surface area contributed by atoms with Crippen LogP contribution in [0.5, 0.6) is 0 Å². The number of quaternary nitrogens is 1. The zero-order valence-electron chi connectivity index (χ0n) is 15.7. The molecule has 2 aliphatic rings. The lowest BCUT2D eigenvalue weighted by Gasteiger charge is -2.29. The highest BCUT2D eigenvalue weighted by molar-refractivity contribution is 5.64. The molecular formula is C21H31N2+. The average molecular weight is 311 g/mol. The molecule has 0 radical (unpaired) electrons. The van der Waals surface area contributed by atoms with Crippen molar-refractivity contribution in [3.63, 3.8) is 0 Å². The predicted octanol–water partition coefficient (Wildman–Crippen LogP) is 5.30. The normalized spacial score (nSPS) is 29.5. The van der Waals surface area contributed by atoms with E-state index in [0.29, 0.717) is 0 Å². The van der Waals surface area contributed by atoms with E-state index in [0.717, 1.165) is 11.0 Å². The molecule has 2 heterocycles. The summed E-state index contributed by atoms with van der Waals surface area (Å²) in [5.74, 6) is 0. The smallest absolute Gasteiger partial charge is 0.157 e. The number of benzene rings is 1. The van der Waals surface area contributed by atoms with Gasteiger partial charge in [-0.05, 0) is 28.5 Å². The van der Waals surface area contributed by atoms with E-state index in [1.807, 2.05) is 0 Å². The van der Waals surface area contributed by atoms with Crippen molar-refractivity contribution in [2.75, 3.05) is 0 Å². The van der Waals surface area contributed by atoms with E-state index in [4.69, 9.17) is 0 Å². The van der Waals surface area contributed by atoms with Crippen molar-refractivity contribution in [3.8, 4) is 0 Å². The zero-order chi connectivity index (χ0) is 17.1. The second kappa shape index (κ2) is 4.81. The minimum atomic E-state index is 0.0330. The molecular weight excluding hydrogens is 280 g/mol. The monoisotopic (exact) mass is 311 g/mol. The zero-order valence-corrected chi connectivity index (χ0v) is 15.7. The fourth-order valence-electron chi connectivity index (χ4n) is 3.72. The highest BCUT2D eigenvalue weighted by Crippen LogP contribution is 2.51. The van der Waals surface area contributed by atoms with Gasteiger partial charge in [0.05, 0.1) is 0 Å². The van der Waals surface area contributed by atoms with Crippen LogP contribution in [0.15, 0.2) is 42.6 Å². The van der Waals surface area contributed by atoms with Crippen molar-refractivity contribution >= 4 is 5.69 Å². The fourth-order valence-corrected chi connectivity index (χ4v) is 3.72. The second-order valence-corrected chi connectivity index (χ2v) is 9.04. The second-order valence-electron chi connectivity index (χ2n) is 9.04. The molecule has 2 aliphatic heterocycles. The van der Waals surface area contributed by atoms with E-state index in [1.165, 1.54) is 16.8 Å². The van der Waals surface area contributed by atoms with Crippen LogP contribution < -0.4 is 10.0 Å². The third-order valence-corrected chi connectivity index (χ3v) is 5.33. The van der Waals surface area contributed by atoms with E-state index in [-0.39, 0.29) is 16.5 Å².